The van der Waals surface area contributed by atoms with Gasteiger partial charge in [-0.3, -0.25) is 4.79 Å². The predicted octanol–water partition coefficient (Wildman–Crippen LogP) is 6.12. The molecule has 0 aliphatic carbocycles. The van der Waals surface area contributed by atoms with E-state index in [2.05, 4.69) is 26.5 Å². The van der Waals surface area contributed by atoms with Gasteiger partial charge in [0.1, 0.15) is 6.61 Å². The second-order valence-corrected chi connectivity index (χ2v) is 8.51. The number of hydrogen-bond acceptors (Lipinski definition) is 6. The minimum atomic E-state index is -0.398. The molecule has 7 nitrogen and oxygen atoms in total. The highest BCUT2D eigenvalue weighted by Gasteiger charge is 2.13. The molecule has 0 aliphatic rings. The maximum Gasteiger partial charge on any atom is 0.271 e. The first-order chi connectivity index (χ1) is 16.4. The highest BCUT2D eigenvalue weighted by Crippen LogP contribution is 2.37. The highest BCUT2D eigenvalue weighted by molar-refractivity contribution is 9.10. The van der Waals surface area contributed by atoms with E-state index in [0.717, 1.165) is 5.56 Å². The molecule has 1 N–H and O–H groups in total. The van der Waals surface area contributed by atoms with Crippen molar-refractivity contribution >= 4 is 51.3 Å². The van der Waals surface area contributed by atoms with Crippen molar-refractivity contribution in [1.29, 1.82) is 0 Å². The zero-order chi connectivity index (χ0) is 24.7. The summed E-state index contributed by atoms with van der Waals surface area (Å²) in [6.45, 7) is 0.265. The monoisotopic (exact) mass is 566 g/mol. The van der Waals surface area contributed by atoms with Gasteiger partial charge in [0.25, 0.3) is 5.91 Å². The van der Waals surface area contributed by atoms with Crippen LogP contribution in [-0.4, -0.2) is 33.5 Å². The van der Waals surface area contributed by atoms with Crippen molar-refractivity contribution in [2.24, 2.45) is 5.10 Å². The first-order valence-corrected chi connectivity index (χ1v) is 11.4. The molecule has 0 radical (unpaired) electrons. The van der Waals surface area contributed by atoms with Crippen molar-refractivity contribution in [2.45, 2.75) is 6.61 Å². The maximum atomic E-state index is 12.4. The van der Waals surface area contributed by atoms with E-state index < -0.39 is 5.91 Å². The molecule has 1 amide bonds. The molecule has 0 aliphatic heterocycles. The summed E-state index contributed by atoms with van der Waals surface area (Å²) in [7, 11) is 4.56. The van der Waals surface area contributed by atoms with Crippen LogP contribution in [0.15, 0.2) is 58.1 Å². The highest BCUT2D eigenvalue weighted by atomic mass is 79.9. The zero-order valence-electron chi connectivity index (χ0n) is 18.5. The summed E-state index contributed by atoms with van der Waals surface area (Å²) in [6, 6.07) is 13.7. The molecule has 0 atom stereocenters. The number of carbonyl (C=O) groups is 1. The summed E-state index contributed by atoms with van der Waals surface area (Å²) in [5.41, 5.74) is 4.39. The van der Waals surface area contributed by atoms with Gasteiger partial charge in [0.2, 0.25) is 0 Å². The van der Waals surface area contributed by atoms with E-state index in [1.165, 1.54) is 27.5 Å². The molecule has 0 spiro atoms. The first-order valence-electron chi connectivity index (χ1n) is 9.86. The molecule has 0 heterocycles. The lowest BCUT2D eigenvalue weighted by Crippen LogP contribution is -2.17. The number of amides is 1. The second kappa shape index (κ2) is 12.0. The van der Waals surface area contributed by atoms with E-state index >= 15 is 0 Å². The van der Waals surface area contributed by atoms with Crippen LogP contribution in [0.1, 0.15) is 21.5 Å². The Bertz CT molecular complexity index is 1220. The summed E-state index contributed by atoms with van der Waals surface area (Å²) >= 11 is 15.5. The Morgan fingerprint density at radius 3 is 2.35 bits per heavy atom. The topological polar surface area (TPSA) is 78.4 Å². The molecule has 0 aromatic heterocycles. The molecule has 10 heteroatoms. The third-order valence-electron chi connectivity index (χ3n) is 4.64. The standard InChI is InChI=1S/C24H21BrCl2N2O5/c1-31-20-7-5-16(11-21(20)32-2)24(30)29-28-12-15-8-17(25)23(22(10-15)33-3)34-13-14-4-6-18(26)19(27)9-14/h4-12H,13H2,1-3H3,(H,29,30)/b28-12+. The van der Waals surface area contributed by atoms with Gasteiger partial charge in [0.15, 0.2) is 23.0 Å². The molecule has 3 rings (SSSR count). The van der Waals surface area contributed by atoms with Crippen molar-refractivity contribution in [2.75, 3.05) is 21.3 Å². The van der Waals surface area contributed by atoms with Gasteiger partial charge in [-0.25, -0.2) is 5.43 Å². The Morgan fingerprint density at radius 2 is 1.68 bits per heavy atom. The third-order valence-corrected chi connectivity index (χ3v) is 5.97. The van der Waals surface area contributed by atoms with E-state index in [4.69, 9.17) is 42.1 Å². The fraction of sp³-hybridized carbons (Fsp3) is 0.167. The van der Waals surface area contributed by atoms with E-state index in [-0.39, 0.29) is 6.61 Å². The number of carbonyl (C=O) groups excluding carboxylic acids is 1. The fourth-order valence-corrected chi connectivity index (χ4v) is 3.84. The van der Waals surface area contributed by atoms with E-state index in [1.54, 1.807) is 42.5 Å². The summed E-state index contributed by atoms with van der Waals surface area (Å²) < 4.78 is 22.4. The van der Waals surface area contributed by atoms with Crippen molar-refractivity contribution < 1.29 is 23.7 Å². The average molecular weight is 568 g/mol. The van der Waals surface area contributed by atoms with Crippen LogP contribution in [0.2, 0.25) is 10.0 Å². The van der Waals surface area contributed by atoms with E-state index in [9.17, 15) is 4.79 Å². The number of ether oxygens (including phenoxy) is 4. The Balaban J connectivity index is 1.69. The number of methoxy groups -OCH3 is 3. The Labute approximate surface area is 215 Å². The Morgan fingerprint density at radius 1 is 0.941 bits per heavy atom. The largest absolute Gasteiger partial charge is 0.493 e. The van der Waals surface area contributed by atoms with Gasteiger partial charge in [-0.2, -0.15) is 5.10 Å². The quantitative estimate of drug-likeness (QED) is 0.249. The molecule has 0 saturated carbocycles. The molecular weight excluding hydrogens is 547 g/mol. The summed E-state index contributed by atoms with van der Waals surface area (Å²) in [6.07, 6.45) is 1.49. The smallest absolute Gasteiger partial charge is 0.271 e. The molecule has 178 valence electrons. The minimum Gasteiger partial charge on any atom is -0.493 e. The number of hydrogen-bond donors (Lipinski definition) is 1. The summed E-state index contributed by atoms with van der Waals surface area (Å²) in [5.74, 6) is 1.58. The van der Waals surface area contributed by atoms with Crippen LogP contribution in [0, 0.1) is 0 Å². The molecular formula is C24H21BrCl2N2O5. The molecule has 0 unspecified atom stereocenters. The number of rotatable bonds is 9. The maximum absolute atomic E-state index is 12.4. The van der Waals surface area contributed by atoms with E-state index in [0.29, 0.717) is 48.6 Å². The normalized spacial score (nSPS) is 10.8. The minimum absolute atomic E-state index is 0.265. The van der Waals surface area contributed by atoms with Crippen molar-refractivity contribution in [1.82, 2.24) is 5.43 Å². The molecule has 0 fully saturated rings. The number of halogens is 3. The van der Waals surface area contributed by atoms with Gasteiger partial charge in [-0.05, 0) is 69.5 Å². The average Bonchev–Trinajstić information content (AvgIpc) is 2.84. The van der Waals surface area contributed by atoms with Gasteiger partial charge in [0.05, 0.1) is 42.1 Å². The van der Waals surface area contributed by atoms with Crippen LogP contribution in [0.3, 0.4) is 0 Å². The summed E-state index contributed by atoms with van der Waals surface area (Å²) in [5, 5.41) is 4.96. The lowest BCUT2D eigenvalue weighted by Gasteiger charge is -2.14. The number of nitrogens with one attached hydrogen (secondary N) is 1. The van der Waals surface area contributed by atoms with Crippen molar-refractivity contribution in [3.8, 4) is 23.0 Å². The van der Waals surface area contributed by atoms with Crippen molar-refractivity contribution in [3.63, 3.8) is 0 Å². The predicted molar refractivity (Wildman–Crippen MR) is 136 cm³/mol. The molecule has 3 aromatic rings. The van der Waals surface area contributed by atoms with Crippen LogP contribution in [0.25, 0.3) is 0 Å². The fourth-order valence-electron chi connectivity index (χ4n) is 2.95. The van der Waals surface area contributed by atoms with Gasteiger partial charge in [0, 0.05) is 5.56 Å². The van der Waals surface area contributed by atoms with Crippen LogP contribution < -0.4 is 24.4 Å². The molecule has 0 bridgehead atoms. The van der Waals surface area contributed by atoms with Crippen LogP contribution in [0.4, 0.5) is 0 Å². The number of nitrogens with zero attached hydrogens (tertiary/aromatic N) is 1. The van der Waals surface area contributed by atoms with Gasteiger partial charge in [-0.1, -0.05) is 29.3 Å². The Kier molecular flexibility index (Phi) is 9.04. The summed E-state index contributed by atoms with van der Waals surface area (Å²) in [4.78, 5) is 12.4. The molecule has 3 aromatic carbocycles. The number of benzene rings is 3. The van der Waals surface area contributed by atoms with Crippen LogP contribution in [-0.2, 0) is 6.61 Å². The van der Waals surface area contributed by atoms with Crippen LogP contribution >= 0.6 is 39.1 Å². The van der Waals surface area contributed by atoms with E-state index in [1.807, 2.05) is 6.07 Å². The molecule has 0 saturated heterocycles. The number of hydrazone groups is 1. The van der Waals surface area contributed by atoms with Gasteiger partial charge in [-0.15, -0.1) is 0 Å². The lowest BCUT2D eigenvalue weighted by molar-refractivity contribution is 0.0954. The molecule has 34 heavy (non-hydrogen) atoms. The van der Waals surface area contributed by atoms with Gasteiger partial charge >= 0.3 is 0 Å². The third kappa shape index (κ3) is 6.34. The SMILES string of the molecule is COc1ccc(C(=O)N/N=C/c2cc(Br)c(OCc3ccc(Cl)c(Cl)c3)c(OC)c2)cc1OC. The van der Waals surface area contributed by atoms with Crippen LogP contribution in [0.5, 0.6) is 23.0 Å². The van der Waals surface area contributed by atoms with Gasteiger partial charge < -0.3 is 18.9 Å². The zero-order valence-corrected chi connectivity index (χ0v) is 21.6. The Hall–Kier alpha value is -2.94. The second-order valence-electron chi connectivity index (χ2n) is 6.84. The van der Waals surface area contributed by atoms with Crippen molar-refractivity contribution in [3.05, 3.63) is 79.7 Å². The lowest BCUT2D eigenvalue weighted by atomic mass is 10.2. The first kappa shape index (κ1) is 25.7.